The summed E-state index contributed by atoms with van der Waals surface area (Å²) in [5.41, 5.74) is 8.05. The lowest BCUT2D eigenvalue weighted by Crippen LogP contribution is -2.09. The molecule has 0 aliphatic heterocycles. The van der Waals surface area contributed by atoms with Gasteiger partial charge in [0.2, 0.25) is 5.05 Å². The molecular weight excluding hydrogens is 196 g/mol. The maximum atomic E-state index is 5.63. The molecule has 4 heteroatoms. The van der Waals surface area contributed by atoms with Crippen LogP contribution in [-0.4, -0.2) is 16.6 Å². The summed E-state index contributed by atoms with van der Waals surface area (Å²) in [6.07, 6.45) is 2.44. The lowest BCUT2D eigenvalue weighted by molar-refractivity contribution is 0.336. The van der Waals surface area contributed by atoms with E-state index in [-0.39, 0.29) is 0 Å². The number of rotatable bonds is 3. The van der Waals surface area contributed by atoms with Gasteiger partial charge in [-0.1, -0.05) is 6.92 Å². The van der Waals surface area contributed by atoms with Crippen molar-refractivity contribution < 1.29 is 4.74 Å². The molecule has 0 unspecified atom stereocenters. The van der Waals surface area contributed by atoms with E-state index in [1.165, 1.54) is 0 Å². The summed E-state index contributed by atoms with van der Waals surface area (Å²) in [4.78, 5) is 4.18. The Morgan fingerprint density at radius 2 is 2.29 bits per heavy atom. The van der Waals surface area contributed by atoms with E-state index in [9.17, 15) is 0 Å². The Morgan fingerprint density at radius 1 is 1.57 bits per heavy atom. The first-order chi connectivity index (χ1) is 6.69. The van der Waals surface area contributed by atoms with Crippen LogP contribution in [0.25, 0.3) is 0 Å². The van der Waals surface area contributed by atoms with Crippen molar-refractivity contribution in [3.63, 3.8) is 0 Å². The van der Waals surface area contributed by atoms with E-state index in [4.69, 9.17) is 22.7 Å². The second-order valence-electron chi connectivity index (χ2n) is 2.85. The van der Waals surface area contributed by atoms with Crippen LogP contribution in [0.1, 0.15) is 25.1 Å². The Balaban J connectivity index is 3.01. The van der Waals surface area contributed by atoms with Crippen molar-refractivity contribution in [1.29, 1.82) is 0 Å². The van der Waals surface area contributed by atoms with Gasteiger partial charge in [0.1, 0.15) is 5.69 Å². The number of ether oxygens (including phenoxy) is 1. The first-order valence-corrected chi connectivity index (χ1v) is 5.01. The fraction of sp³-hybridized carbons (Fsp3) is 0.400. The first-order valence-electron chi connectivity index (χ1n) is 4.60. The predicted octanol–water partition coefficient (Wildman–Crippen LogP) is 1.94. The fourth-order valence-electron chi connectivity index (χ4n) is 1.18. The zero-order chi connectivity index (χ0) is 10.6. The van der Waals surface area contributed by atoms with Gasteiger partial charge in [-0.15, -0.1) is 0 Å². The van der Waals surface area contributed by atoms with E-state index < -0.39 is 0 Å². The summed E-state index contributed by atoms with van der Waals surface area (Å²) < 4.78 is 5.24. The van der Waals surface area contributed by atoms with E-state index >= 15 is 0 Å². The van der Waals surface area contributed by atoms with E-state index in [1.54, 1.807) is 6.20 Å². The van der Waals surface area contributed by atoms with E-state index in [1.807, 2.05) is 19.9 Å². The summed E-state index contributed by atoms with van der Waals surface area (Å²) in [6.45, 7) is 4.50. The van der Waals surface area contributed by atoms with Gasteiger partial charge >= 0.3 is 0 Å². The highest BCUT2D eigenvalue weighted by atomic mass is 32.1. The largest absolute Gasteiger partial charge is 0.482 e. The smallest absolute Gasteiger partial charge is 0.210 e. The second kappa shape index (κ2) is 4.91. The van der Waals surface area contributed by atoms with Crippen LogP contribution in [0, 0.1) is 0 Å². The number of aromatic nitrogens is 1. The number of anilines is 1. The summed E-state index contributed by atoms with van der Waals surface area (Å²) in [5, 5.41) is 0.448. The Hall–Kier alpha value is -1.16. The average Bonchev–Trinajstić information content (AvgIpc) is 2.17. The molecule has 14 heavy (non-hydrogen) atoms. The van der Waals surface area contributed by atoms with Gasteiger partial charge in [-0.05, 0) is 37.2 Å². The molecule has 0 fully saturated rings. The number of nitrogen functional groups attached to an aromatic ring is 1. The van der Waals surface area contributed by atoms with Crippen LogP contribution in [0.5, 0.6) is 0 Å². The summed E-state index contributed by atoms with van der Waals surface area (Å²) in [7, 11) is 0. The highest BCUT2D eigenvalue weighted by Gasteiger charge is 2.09. The van der Waals surface area contributed by atoms with Crippen molar-refractivity contribution in [3.05, 3.63) is 23.5 Å². The summed E-state index contributed by atoms with van der Waals surface area (Å²) >= 11 is 5.09. The van der Waals surface area contributed by atoms with Crippen molar-refractivity contribution in [2.45, 2.75) is 20.3 Å². The van der Waals surface area contributed by atoms with Crippen LogP contribution in [-0.2, 0) is 11.2 Å². The molecule has 1 aromatic rings. The molecule has 1 heterocycles. The molecule has 1 rings (SSSR count). The van der Waals surface area contributed by atoms with Gasteiger partial charge in [-0.3, -0.25) is 0 Å². The molecule has 3 nitrogen and oxygen atoms in total. The van der Waals surface area contributed by atoms with E-state index in [0.717, 1.165) is 17.7 Å². The predicted molar refractivity (Wildman–Crippen MR) is 61.4 cm³/mol. The monoisotopic (exact) mass is 210 g/mol. The highest BCUT2D eigenvalue weighted by molar-refractivity contribution is 7.80. The Bertz CT molecular complexity index is 339. The molecule has 0 spiro atoms. The van der Waals surface area contributed by atoms with Crippen LogP contribution < -0.4 is 5.73 Å². The third-order valence-electron chi connectivity index (χ3n) is 1.84. The Morgan fingerprint density at radius 3 is 2.86 bits per heavy atom. The molecule has 0 aliphatic carbocycles. The third kappa shape index (κ3) is 2.42. The van der Waals surface area contributed by atoms with Gasteiger partial charge in [0.15, 0.2) is 0 Å². The van der Waals surface area contributed by atoms with Crippen molar-refractivity contribution in [2.75, 3.05) is 12.3 Å². The lowest BCUT2D eigenvalue weighted by atomic mass is 10.1. The van der Waals surface area contributed by atoms with E-state index in [2.05, 4.69) is 4.98 Å². The number of nitrogens with two attached hydrogens (primary N) is 1. The van der Waals surface area contributed by atoms with Gasteiger partial charge < -0.3 is 10.5 Å². The topological polar surface area (TPSA) is 48.1 Å². The molecule has 0 atom stereocenters. The van der Waals surface area contributed by atoms with E-state index in [0.29, 0.717) is 17.3 Å². The molecule has 0 bridgehead atoms. The number of pyridine rings is 1. The van der Waals surface area contributed by atoms with Crippen LogP contribution in [0.4, 0.5) is 5.69 Å². The zero-order valence-corrected chi connectivity index (χ0v) is 9.23. The molecule has 76 valence electrons. The summed E-state index contributed by atoms with van der Waals surface area (Å²) in [6, 6.07) is 1.88. The molecule has 2 N–H and O–H groups in total. The van der Waals surface area contributed by atoms with Crippen molar-refractivity contribution >= 4 is 23.0 Å². The molecule has 0 saturated carbocycles. The molecule has 0 aromatic carbocycles. The van der Waals surface area contributed by atoms with Crippen molar-refractivity contribution in [1.82, 2.24) is 4.98 Å². The Labute approximate surface area is 89.3 Å². The van der Waals surface area contributed by atoms with Crippen molar-refractivity contribution in [2.24, 2.45) is 0 Å². The maximum absolute atomic E-state index is 5.63. The molecule has 1 aromatic heterocycles. The quantitative estimate of drug-likeness (QED) is 0.774. The first kappa shape index (κ1) is 10.9. The molecule has 0 radical (unpaired) electrons. The third-order valence-corrected chi connectivity index (χ3v) is 2.15. The van der Waals surface area contributed by atoms with Crippen LogP contribution in [0.2, 0.25) is 0 Å². The number of hydrogen-bond donors (Lipinski definition) is 1. The van der Waals surface area contributed by atoms with Gasteiger partial charge in [0, 0.05) is 0 Å². The van der Waals surface area contributed by atoms with Gasteiger partial charge in [-0.2, -0.15) is 0 Å². The molecular formula is C10H14N2OS. The minimum Gasteiger partial charge on any atom is -0.482 e. The van der Waals surface area contributed by atoms with Crippen LogP contribution >= 0.6 is 12.2 Å². The number of nitrogens with zero attached hydrogens (tertiary/aromatic N) is 1. The lowest BCUT2D eigenvalue weighted by Gasteiger charge is -2.08. The van der Waals surface area contributed by atoms with Gasteiger partial charge in [0.05, 0.1) is 18.5 Å². The molecule has 0 saturated heterocycles. The SMILES string of the molecule is CCOC(=S)c1ncc(N)cc1CC. The maximum Gasteiger partial charge on any atom is 0.210 e. The number of hydrogen-bond acceptors (Lipinski definition) is 4. The normalized spacial score (nSPS) is 9.86. The summed E-state index contributed by atoms with van der Waals surface area (Å²) in [5.74, 6) is 0. The van der Waals surface area contributed by atoms with Crippen molar-refractivity contribution in [3.8, 4) is 0 Å². The minimum absolute atomic E-state index is 0.448. The van der Waals surface area contributed by atoms with Gasteiger partial charge in [0.25, 0.3) is 0 Å². The molecule has 0 aliphatic rings. The van der Waals surface area contributed by atoms with Crippen LogP contribution in [0.3, 0.4) is 0 Å². The molecule has 0 amide bonds. The number of aryl methyl sites for hydroxylation is 1. The zero-order valence-electron chi connectivity index (χ0n) is 8.41. The number of thiocarbonyl (C=S) groups is 1. The van der Waals surface area contributed by atoms with Gasteiger partial charge in [-0.25, -0.2) is 4.98 Å². The standard InChI is InChI=1S/C10H14N2OS/c1-3-7-5-8(11)6-12-9(7)10(14)13-4-2/h5-6H,3-4,11H2,1-2H3. The van der Waals surface area contributed by atoms with Crippen LogP contribution in [0.15, 0.2) is 12.3 Å². The Kier molecular flexibility index (Phi) is 3.83. The second-order valence-corrected chi connectivity index (χ2v) is 3.22. The minimum atomic E-state index is 0.448. The fourth-order valence-corrected chi connectivity index (χ4v) is 1.48. The highest BCUT2D eigenvalue weighted by Crippen LogP contribution is 2.12. The average molecular weight is 210 g/mol.